The van der Waals surface area contributed by atoms with Crippen molar-refractivity contribution in [2.45, 2.75) is 38.9 Å². The summed E-state index contributed by atoms with van der Waals surface area (Å²) in [5, 5.41) is 8.20. The van der Waals surface area contributed by atoms with E-state index >= 15 is 0 Å². The molecule has 1 aliphatic rings. The van der Waals surface area contributed by atoms with Crippen LogP contribution in [-0.4, -0.2) is 40.4 Å². The molecule has 1 aromatic carbocycles. The lowest BCUT2D eigenvalue weighted by Gasteiger charge is -2.32. The van der Waals surface area contributed by atoms with Crippen LogP contribution in [0.15, 0.2) is 12.1 Å². The first kappa shape index (κ1) is 14.3. The summed E-state index contributed by atoms with van der Waals surface area (Å²) in [5.74, 6) is 0.652. The second kappa shape index (κ2) is 4.45. The third-order valence-corrected chi connectivity index (χ3v) is 4.48. The van der Waals surface area contributed by atoms with Crippen molar-refractivity contribution < 1.29 is 14.0 Å². The minimum Gasteiger partial charge on any atom is -0.495 e. The van der Waals surface area contributed by atoms with Crippen molar-refractivity contribution in [2.24, 2.45) is 7.05 Å². The second-order valence-electron chi connectivity index (χ2n) is 6.36. The van der Waals surface area contributed by atoms with Crippen molar-refractivity contribution in [2.75, 3.05) is 7.11 Å². The first-order chi connectivity index (χ1) is 9.77. The number of ether oxygens (including phenoxy) is 1. The molecule has 0 unspecified atom stereocenters. The molecule has 3 rings (SSSR count). The average molecular weight is 289 g/mol. The zero-order valence-electron chi connectivity index (χ0n) is 13.3. The van der Waals surface area contributed by atoms with Gasteiger partial charge in [-0.15, -0.1) is 5.10 Å². The number of hydrogen-bond acceptors (Lipinski definition) is 5. The highest BCUT2D eigenvalue weighted by Gasteiger charge is 2.52. The van der Waals surface area contributed by atoms with Gasteiger partial charge in [-0.1, -0.05) is 11.3 Å². The highest BCUT2D eigenvalue weighted by molar-refractivity contribution is 6.63. The molecule has 0 atom stereocenters. The van der Waals surface area contributed by atoms with Crippen LogP contribution < -0.4 is 10.2 Å². The van der Waals surface area contributed by atoms with E-state index in [0.29, 0.717) is 11.3 Å². The minimum atomic E-state index is -0.476. The Kier molecular flexibility index (Phi) is 3.04. The lowest BCUT2D eigenvalue weighted by Crippen LogP contribution is -2.41. The molecule has 2 aromatic rings. The third kappa shape index (κ3) is 2.03. The second-order valence-corrected chi connectivity index (χ2v) is 6.36. The largest absolute Gasteiger partial charge is 0.498 e. The zero-order valence-corrected chi connectivity index (χ0v) is 13.3. The lowest BCUT2D eigenvalue weighted by atomic mass is 9.78. The van der Waals surface area contributed by atoms with E-state index < -0.39 is 7.12 Å². The number of hydrogen-bond donors (Lipinski definition) is 0. The number of nitrogens with zero attached hydrogens (tertiary/aromatic N) is 3. The van der Waals surface area contributed by atoms with Gasteiger partial charge in [-0.2, -0.15) is 0 Å². The number of rotatable bonds is 2. The van der Waals surface area contributed by atoms with E-state index in [2.05, 4.69) is 10.3 Å². The predicted molar refractivity (Wildman–Crippen MR) is 80.8 cm³/mol. The summed E-state index contributed by atoms with van der Waals surface area (Å²) < 4.78 is 19.4. The van der Waals surface area contributed by atoms with Crippen molar-refractivity contribution in [3.05, 3.63) is 12.1 Å². The Morgan fingerprint density at radius 1 is 1.14 bits per heavy atom. The highest BCUT2D eigenvalue weighted by atomic mass is 16.7. The van der Waals surface area contributed by atoms with Gasteiger partial charge in [0.15, 0.2) is 5.52 Å². The normalized spacial score (nSPS) is 20.2. The first-order valence-electron chi connectivity index (χ1n) is 6.99. The monoisotopic (exact) mass is 289 g/mol. The van der Waals surface area contributed by atoms with Crippen LogP contribution in [-0.2, 0) is 16.4 Å². The molecule has 0 amide bonds. The first-order valence-corrected chi connectivity index (χ1v) is 6.99. The quantitative estimate of drug-likeness (QED) is 0.779. The summed E-state index contributed by atoms with van der Waals surface area (Å²) in [7, 11) is 3.00. The number of methoxy groups -OCH3 is 1. The Labute approximate surface area is 124 Å². The third-order valence-electron chi connectivity index (χ3n) is 4.48. The van der Waals surface area contributed by atoms with Crippen molar-refractivity contribution in [1.82, 2.24) is 15.0 Å². The van der Waals surface area contributed by atoms with Gasteiger partial charge in [0.05, 0.1) is 23.8 Å². The zero-order chi connectivity index (χ0) is 15.4. The molecule has 0 aliphatic carbocycles. The van der Waals surface area contributed by atoms with Crippen molar-refractivity contribution in [1.29, 1.82) is 0 Å². The van der Waals surface area contributed by atoms with Gasteiger partial charge in [0.25, 0.3) is 0 Å². The van der Waals surface area contributed by atoms with E-state index in [-0.39, 0.29) is 11.2 Å². The Hall–Kier alpha value is -1.60. The van der Waals surface area contributed by atoms with Crippen LogP contribution >= 0.6 is 0 Å². The lowest BCUT2D eigenvalue weighted by molar-refractivity contribution is 0.00578. The van der Waals surface area contributed by atoms with Gasteiger partial charge in [0, 0.05) is 12.5 Å². The van der Waals surface area contributed by atoms with Crippen LogP contribution in [0, 0.1) is 0 Å². The average Bonchev–Trinajstić information content (AvgIpc) is 2.87. The molecule has 0 radical (unpaired) electrons. The molecule has 2 heterocycles. The molecule has 1 aliphatic heterocycles. The summed E-state index contributed by atoms with van der Waals surface area (Å²) in [4.78, 5) is 0. The summed E-state index contributed by atoms with van der Waals surface area (Å²) in [5.41, 5.74) is 1.68. The van der Waals surface area contributed by atoms with Crippen LogP contribution in [0.25, 0.3) is 11.0 Å². The van der Waals surface area contributed by atoms with Gasteiger partial charge in [-0.3, -0.25) is 0 Å². The Bertz CT molecular complexity index is 680. The summed E-state index contributed by atoms with van der Waals surface area (Å²) in [6, 6.07) is 3.91. The fraction of sp³-hybridized carbons (Fsp3) is 0.571. The fourth-order valence-electron chi connectivity index (χ4n) is 2.46. The van der Waals surface area contributed by atoms with Crippen molar-refractivity contribution >= 4 is 23.6 Å². The number of aromatic nitrogens is 3. The Morgan fingerprint density at radius 3 is 2.33 bits per heavy atom. The van der Waals surface area contributed by atoms with Crippen molar-refractivity contribution in [3.63, 3.8) is 0 Å². The molecule has 0 N–H and O–H groups in total. The van der Waals surface area contributed by atoms with Crippen LogP contribution in [0.5, 0.6) is 5.75 Å². The van der Waals surface area contributed by atoms with E-state index in [1.54, 1.807) is 11.8 Å². The van der Waals surface area contributed by atoms with Gasteiger partial charge in [0.1, 0.15) is 5.75 Å². The molecule has 7 heteroatoms. The maximum Gasteiger partial charge on any atom is 0.498 e. The summed E-state index contributed by atoms with van der Waals surface area (Å²) in [6.45, 7) is 8.11. The Morgan fingerprint density at radius 2 is 1.76 bits per heavy atom. The van der Waals surface area contributed by atoms with Crippen LogP contribution in [0.4, 0.5) is 0 Å². The maximum atomic E-state index is 6.09. The van der Waals surface area contributed by atoms with Gasteiger partial charge >= 0.3 is 7.12 Å². The number of benzene rings is 1. The van der Waals surface area contributed by atoms with Crippen LogP contribution in [0.2, 0.25) is 0 Å². The SMILES string of the molecule is COc1c(B2OC(C)(C)C(C)(C)O2)ccc2c1nnn2C. The van der Waals surface area contributed by atoms with Crippen molar-refractivity contribution in [3.8, 4) is 5.75 Å². The molecular formula is C14H20BN3O3. The molecular weight excluding hydrogens is 269 g/mol. The molecule has 1 saturated heterocycles. The van der Waals surface area contributed by atoms with E-state index in [4.69, 9.17) is 14.0 Å². The smallest absolute Gasteiger partial charge is 0.495 e. The molecule has 0 bridgehead atoms. The summed E-state index contributed by atoms with van der Waals surface area (Å²) >= 11 is 0. The molecule has 1 aromatic heterocycles. The van der Waals surface area contributed by atoms with Crippen LogP contribution in [0.3, 0.4) is 0 Å². The van der Waals surface area contributed by atoms with E-state index in [1.165, 1.54) is 0 Å². The van der Waals surface area contributed by atoms with Gasteiger partial charge in [-0.25, -0.2) is 4.68 Å². The molecule has 0 spiro atoms. The topological polar surface area (TPSA) is 58.4 Å². The molecule has 1 fully saturated rings. The number of aryl methyl sites for hydroxylation is 1. The van der Waals surface area contributed by atoms with E-state index in [0.717, 1.165) is 11.0 Å². The Balaban J connectivity index is 2.10. The maximum absolute atomic E-state index is 6.09. The highest BCUT2D eigenvalue weighted by Crippen LogP contribution is 2.37. The molecule has 0 saturated carbocycles. The molecule has 112 valence electrons. The van der Waals surface area contributed by atoms with E-state index in [1.807, 2.05) is 46.9 Å². The van der Waals surface area contributed by atoms with Crippen LogP contribution in [0.1, 0.15) is 27.7 Å². The van der Waals surface area contributed by atoms with Gasteiger partial charge in [-0.05, 0) is 33.8 Å². The number of fused-ring (bicyclic) bond motifs is 1. The van der Waals surface area contributed by atoms with E-state index in [9.17, 15) is 0 Å². The van der Waals surface area contributed by atoms with Gasteiger partial charge in [0.2, 0.25) is 0 Å². The fourth-order valence-corrected chi connectivity index (χ4v) is 2.46. The minimum absolute atomic E-state index is 0.389. The molecule has 6 nitrogen and oxygen atoms in total. The predicted octanol–water partition coefficient (Wildman–Crippen LogP) is 1.28. The standard InChI is InChI=1S/C14H20BN3O3/c1-13(2)14(3,4)21-15(20-13)9-7-8-10-11(12(9)19-6)16-17-18(10)5/h7-8H,1-6H3. The summed E-state index contributed by atoms with van der Waals surface area (Å²) in [6.07, 6.45) is 0. The van der Waals surface area contributed by atoms with Gasteiger partial charge < -0.3 is 14.0 Å². The molecule has 21 heavy (non-hydrogen) atoms.